The number of benzene rings is 1. The van der Waals surface area contributed by atoms with Crippen molar-refractivity contribution in [3.05, 3.63) is 65.4 Å². The Balaban J connectivity index is 1.51. The van der Waals surface area contributed by atoms with Gasteiger partial charge in [0.1, 0.15) is 4.34 Å². The maximum atomic E-state index is 4.77. The summed E-state index contributed by atoms with van der Waals surface area (Å²) < 4.78 is 3.07. The van der Waals surface area contributed by atoms with Crippen LogP contribution in [0.3, 0.4) is 0 Å². The molecule has 0 aliphatic carbocycles. The van der Waals surface area contributed by atoms with E-state index in [2.05, 4.69) is 51.9 Å². The van der Waals surface area contributed by atoms with Crippen LogP contribution >= 0.6 is 23.1 Å². The summed E-state index contributed by atoms with van der Waals surface area (Å²) in [7, 11) is 0. The zero-order chi connectivity index (χ0) is 19.4. The van der Waals surface area contributed by atoms with Crippen LogP contribution in [0, 0.1) is 0 Å². The van der Waals surface area contributed by atoms with Crippen LogP contribution in [0.4, 0.5) is 0 Å². The van der Waals surface area contributed by atoms with Crippen molar-refractivity contribution in [1.82, 2.24) is 25.4 Å². The monoisotopic (exact) mass is 414 g/mol. The number of nitrogens with zero attached hydrogens (tertiary/aromatic N) is 4. The third kappa shape index (κ3) is 6.69. The lowest BCUT2D eigenvalue weighted by Crippen LogP contribution is -2.37. The van der Waals surface area contributed by atoms with Gasteiger partial charge in [-0.3, -0.25) is 4.68 Å². The molecule has 0 bridgehead atoms. The number of hydrogen-bond donors (Lipinski definition) is 2. The zero-order valence-corrected chi connectivity index (χ0v) is 17.7. The number of rotatable bonds is 10. The summed E-state index contributed by atoms with van der Waals surface area (Å²) in [5.74, 6) is 1.91. The van der Waals surface area contributed by atoms with Crippen molar-refractivity contribution in [3.63, 3.8) is 0 Å². The molecular weight excluding hydrogens is 388 g/mol. The Bertz CT molecular complexity index is 830. The highest BCUT2D eigenvalue weighted by Crippen LogP contribution is 2.20. The number of thiazole rings is 1. The molecule has 148 valence electrons. The van der Waals surface area contributed by atoms with Gasteiger partial charge in [-0.15, -0.1) is 11.3 Å². The number of thioether (sulfide) groups is 1. The van der Waals surface area contributed by atoms with Crippen molar-refractivity contribution in [2.45, 2.75) is 30.8 Å². The molecule has 6 nitrogen and oxygen atoms in total. The number of nitrogens with one attached hydrogen (secondary N) is 2. The standard InChI is InChI=1S/C20H26N6S2/c1-2-21-19(22-9-6-13-27-20-23-11-14-28-20)24-15-17-7-3-4-8-18(17)16-26-12-5-10-25-26/h3-5,7-8,10-12,14H,2,6,9,13,15-16H2,1H3,(H2,21,22,24). The van der Waals surface area contributed by atoms with E-state index in [1.807, 2.05) is 28.5 Å². The Labute approximate surface area is 174 Å². The molecule has 3 aromatic rings. The van der Waals surface area contributed by atoms with Gasteiger partial charge in [0.05, 0.1) is 13.1 Å². The third-order valence-corrected chi connectivity index (χ3v) is 6.06. The summed E-state index contributed by atoms with van der Waals surface area (Å²) in [6.07, 6.45) is 6.70. The molecule has 0 aliphatic heterocycles. The maximum absolute atomic E-state index is 4.77. The van der Waals surface area contributed by atoms with Gasteiger partial charge in [0.15, 0.2) is 5.96 Å². The minimum atomic E-state index is 0.640. The molecule has 8 heteroatoms. The molecule has 0 saturated heterocycles. The normalized spacial score (nSPS) is 11.5. The highest BCUT2D eigenvalue weighted by molar-refractivity contribution is 8.00. The third-order valence-electron chi connectivity index (χ3n) is 4.01. The van der Waals surface area contributed by atoms with Gasteiger partial charge in [0, 0.05) is 42.8 Å². The van der Waals surface area contributed by atoms with Crippen molar-refractivity contribution in [2.75, 3.05) is 18.8 Å². The number of guanidine groups is 1. The highest BCUT2D eigenvalue weighted by Gasteiger charge is 2.04. The molecule has 0 aliphatic rings. The second kappa shape index (κ2) is 11.5. The lowest BCUT2D eigenvalue weighted by Gasteiger charge is -2.12. The van der Waals surface area contributed by atoms with Crippen LogP contribution in [-0.2, 0) is 13.1 Å². The van der Waals surface area contributed by atoms with E-state index in [0.29, 0.717) is 6.54 Å². The van der Waals surface area contributed by atoms with Crippen LogP contribution in [0.5, 0.6) is 0 Å². The highest BCUT2D eigenvalue weighted by atomic mass is 32.2. The summed E-state index contributed by atoms with van der Waals surface area (Å²) in [5, 5.41) is 13.1. The molecule has 2 heterocycles. The Hall–Kier alpha value is -2.32. The van der Waals surface area contributed by atoms with Crippen LogP contribution in [0.15, 0.2) is 63.6 Å². The number of hydrogen-bond acceptors (Lipinski definition) is 5. The van der Waals surface area contributed by atoms with E-state index in [4.69, 9.17) is 4.99 Å². The first-order chi connectivity index (χ1) is 13.8. The molecule has 2 aromatic heterocycles. The second-order valence-electron chi connectivity index (χ2n) is 6.09. The van der Waals surface area contributed by atoms with E-state index in [9.17, 15) is 0 Å². The molecule has 28 heavy (non-hydrogen) atoms. The lowest BCUT2D eigenvalue weighted by atomic mass is 10.1. The quantitative estimate of drug-likeness (QED) is 0.230. The predicted molar refractivity (Wildman–Crippen MR) is 118 cm³/mol. The fourth-order valence-corrected chi connectivity index (χ4v) is 4.31. The van der Waals surface area contributed by atoms with Crippen molar-refractivity contribution < 1.29 is 0 Å². The van der Waals surface area contributed by atoms with Crippen LogP contribution in [0.2, 0.25) is 0 Å². The van der Waals surface area contributed by atoms with Crippen LogP contribution in [0.1, 0.15) is 24.5 Å². The van der Waals surface area contributed by atoms with Gasteiger partial charge in [-0.2, -0.15) is 5.10 Å². The first kappa shape index (κ1) is 20.4. The second-order valence-corrected chi connectivity index (χ2v) is 8.33. The molecule has 0 saturated carbocycles. The van der Waals surface area contributed by atoms with Gasteiger partial charge in [0.2, 0.25) is 0 Å². The van der Waals surface area contributed by atoms with Crippen molar-refractivity contribution in [3.8, 4) is 0 Å². The molecule has 0 unspecified atom stereocenters. The van der Waals surface area contributed by atoms with Gasteiger partial charge in [-0.1, -0.05) is 36.0 Å². The van der Waals surface area contributed by atoms with E-state index in [1.54, 1.807) is 29.3 Å². The molecule has 1 aromatic carbocycles. The van der Waals surface area contributed by atoms with Gasteiger partial charge in [-0.05, 0) is 30.5 Å². The van der Waals surface area contributed by atoms with Gasteiger partial charge >= 0.3 is 0 Å². The molecule has 2 N–H and O–H groups in total. The van der Waals surface area contributed by atoms with E-state index >= 15 is 0 Å². The molecule has 0 spiro atoms. The first-order valence-electron chi connectivity index (χ1n) is 9.44. The smallest absolute Gasteiger partial charge is 0.191 e. The summed E-state index contributed by atoms with van der Waals surface area (Å²) in [6, 6.07) is 10.4. The summed E-state index contributed by atoms with van der Waals surface area (Å²) in [5.41, 5.74) is 2.46. The fourth-order valence-electron chi connectivity index (χ4n) is 2.66. The SMILES string of the molecule is CCNC(=NCc1ccccc1Cn1cccn1)NCCCSc1nccs1. The van der Waals surface area contributed by atoms with Crippen molar-refractivity contribution >= 4 is 29.1 Å². The molecule has 3 rings (SSSR count). The Morgan fingerprint density at radius 2 is 2.07 bits per heavy atom. The average Bonchev–Trinajstić information content (AvgIpc) is 3.41. The zero-order valence-electron chi connectivity index (χ0n) is 16.0. The van der Waals surface area contributed by atoms with Gasteiger partial charge in [-0.25, -0.2) is 9.98 Å². The Kier molecular flexibility index (Phi) is 8.39. The minimum Gasteiger partial charge on any atom is -0.357 e. The molecule has 0 amide bonds. The van der Waals surface area contributed by atoms with Crippen molar-refractivity contribution in [1.29, 1.82) is 0 Å². The van der Waals surface area contributed by atoms with Crippen LogP contribution in [0.25, 0.3) is 0 Å². The summed E-state index contributed by atoms with van der Waals surface area (Å²) in [6.45, 7) is 5.21. The van der Waals surface area contributed by atoms with E-state index < -0.39 is 0 Å². The summed E-state index contributed by atoms with van der Waals surface area (Å²) >= 11 is 3.50. The fraction of sp³-hybridized carbons (Fsp3) is 0.350. The molecule has 0 radical (unpaired) electrons. The predicted octanol–water partition coefficient (Wildman–Crippen LogP) is 3.63. The van der Waals surface area contributed by atoms with Crippen LogP contribution < -0.4 is 10.6 Å². The van der Waals surface area contributed by atoms with E-state index in [0.717, 1.165) is 42.1 Å². The topological polar surface area (TPSA) is 67.1 Å². The number of aliphatic imine (C=N–C) groups is 1. The first-order valence-corrected chi connectivity index (χ1v) is 11.3. The minimum absolute atomic E-state index is 0.640. The average molecular weight is 415 g/mol. The summed E-state index contributed by atoms with van der Waals surface area (Å²) in [4.78, 5) is 9.06. The maximum Gasteiger partial charge on any atom is 0.191 e. The number of aromatic nitrogens is 3. The molecular formula is C20H26N6S2. The molecule has 0 fully saturated rings. The van der Waals surface area contributed by atoms with Crippen LogP contribution in [-0.4, -0.2) is 39.6 Å². The van der Waals surface area contributed by atoms with E-state index in [1.165, 1.54) is 11.1 Å². The molecule has 0 atom stereocenters. The van der Waals surface area contributed by atoms with Gasteiger partial charge < -0.3 is 10.6 Å². The van der Waals surface area contributed by atoms with Gasteiger partial charge in [0.25, 0.3) is 0 Å². The largest absolute Gasteiger partial charge is 0.357 e. The Morgan fingerprint density at radius 3 is 2.82 bits per heavy atom. The van der Waals surface area contributed by atoms with E-state index in [-0.39, 0.29) is 0 Å². The van der Waals surface area contributed by atoms with Crippen molar-refractivity contribution in [2.24, 2.45) is 4.99 Å². The Morgan fingerprint density at radius 1 is 1.18 bits per heavy atom. The lowest BCUT2D eigenvalue weighted by molar-refractivity contribution is 0.680.